The van der Waals surface area contributed by atoms with Gasteiger partial charge in [-0.05, 0) is 44.6 Å². The van der Waals surface area contributed by atoms with Crippen LogP contribution in [-0.2, 0) is 9.59 Å². The Kier molecular flexibility index (Phi) is 4.71. The van der Waals surface area contributed by atoms with Gasteiger partial charge in [0.2, 0.25) is 11.8 Å². The molecule has 124 valence electrons. The van der Waals surface area contributed by atoms with E-state index < -0.39 is 0 Å². The Morgan fingerprint density at radius 1 is 1.14 bits per heavy atom. The van der Waals surface area contributed by atoms with Gasteiger partial charge in [0.25, 0.3) is 0 Å². The van der Waals surface area contributed by atoms with E-state index in [0.717, 1.165) is 45.4 Å². The largest absolute Gasteiger partial charge is 0.369 e. The molecule has 22 heavy (non-hydrogen) atoms. The van der Waals surface area contributed by atoms with Crippen molar-refractivity contribution in [3.63, 3.8) is 0 Å². The van der Waals surface area contributed by atoms with Crippen LogP contribution in [0.4, 0.5) is 0 Å². The number of carbonyl (C=O) groups excluding carboxylic acids is 2. The molecule has 0 aromatic carbocycles. The third-order valence-corrected chi connectivity index (χ3v) is 5.84. The van der Waals surface area contributed by atoms with E-state index in [1.807, 2.05) is 0 Å². The summed E-state index contributed by atoms with van der Waals surface area (Å²) in [6.45, 7) is 3.71. The summed E-state index contributed by atoms with van der Waals surface area (Å²) in [5.74, 6) is 0.756. The molecule has 0 bridgehead atoms. The Balaban J connectivity index is 1.61. The van der Waals surface area contributed by atoms with Crippen LogP contribution in [0.5, 0.6) is 0 Å². The molecule has 3 rings (SSSR count). The van der Waals surface area contributed by atoms with Gasteiger partial charge in [0.15, 0.2) is 0 Å². The second-order valence-electron chi connectivity index (χ2n) is 7.57. The highest BCUT2D eigenvalue weighted by molar-refractivity contribution is 5.84. The highest BCUT2D eigenvalue weighted by atomic mass is 16.2. The normalized spacial score (nSPS) is 31.1. The van der Waals surface area contributed by atoms with E-state index in [0.29, 0.717) is 11.8 Å². The van der Waals surface area contributed by atoms with Crippen molar-refractivity contribution in [3.05, 3.63) is 0 Å². The maximum atomic E-state index is 13.0. The van der Waals surface area contributed by atoms with Crippen LogP contribution in [-0.4, -0.2) is 54.3 Å². The van der Waals surface area contributed by atoms with Crippen LogP contribution in [0.2, 0.25) is 0 Å². The Morgan fingerprint density at radius 3 is 2.64 bits per heavy atom. The minimum absolute atomic E-state index is 0.234. The summed E-state index contributed by atoms with van der Waals surface area (Å²) in [6, 6.07) is 0. The summed E-state index contributed by atoms with van der Waals surface area (Å²) in [5.41, 5.74) is 5.07. The SMILES string of the molecule is NC(=O)CN1CC[C@]2(CCCN(CC3CCCCC3)C2=O)C1. The van der Waals surface area contributed by atoms with E-state index in [1.165, 1.54) is 32.1 Å². The molecular formula is C17H29N3O2. The van der Waals surface area contributed by atoms with Gasteiger partial charge in [-0.15, -0.1) is 0 Å². The van der Waals surface area contributed by atoms with Crippen molar-refractivity contribution >= 4 is 11.8 Å². The Hall–Kier alpha value is -1.10. The van der Waals surface area contributed by atoms with Crippen LogP contribution in [0.25, 0.3) is 0 Å². The Labute approximate surface area is 133 Å². The number of amides is 2. The van der Waals surface area contributed by atoms with Gasteiger partial charge in [-0.1, -0.05) is 19.3 Å². The maximum absolute atomic E-state index is 13.0. The molecule has 0 radical (unpaired) electrons. The Morgan fingerprint density at radius 2 is 1.91 bits per heavy atom. The second kappa shape index (κ2) is 6.57. The number of nitrogens with zero attached hydrogens (tertiary/aromatic N) is 2. The number of nitrogens with two attached hydrogens (primary N) is 1. The van der Waals surface area contributed by atoms with Gasteiger partial charge in [0, 0.05) is 19.6 Å². The van der Waals surface area contributed by atoms with Crippen molar-refractivity contribution in [3.8, 4) is 0 Å². The third-order valence-electron chi connectivity index (χ3n) is 5.84. The standard InChI is InChI=1S/C17H29N3O2/c18-15(21)12-19-10-8-17(13-19)7-4-9-20(16(17)22)11-14-5-2-1-3-6-14/h14H,1-13H2,(H2,18,21)/t17-/m1/s1. The van der Waals surface area contributed by atoms with Crippen LogP contribution in [0.15, 0.2) is 0 Å². The van der Waals surface area contributed by atoms with Gasteiger partial charge in [-0.2, -0.15) is 0 Å². The molecule has 3 fully saturated rings. The van der Waals surface area contributed by atoms with Crippen molar-refractivity contribution in [1.29, 1.82) is 0 Å². The fraction of sp³-hybridized carbons (Fsp3) is 0.882. The van der Waals surface area contributed by atoms with Gasteiger partial charge in [-0.25, -0.2) is 0 Å². The minimum atomic E-state index is -0.292. The van der Waals surface area contributed by atoms with Crippen LogP contribution < -0.4 is 5.73 Å². The first kappa shape index (κ1) is 15.8. The van der Waals surface area contributed by atoms with Crippen LogP contribution in [0.3, 0.4) is 0 Å². The zero-order chi connectivity index (χ0) is 15.6. The van der Waals surface area contributed by atoms with E-state index >= 15 is 0 Å². The molecule has 0 unspecified atom stereocenters. The minimum Gasteiger partial charge on any atom is -0.369 e. The van der Waals surface area contributed by atoms with Crippen molar-refractivity contribution in [2.45, 2.75) is 51.4 Å². The first-order valence-electron chi connectivity index (χ1n) is 8.89. The number of rotatable bonds is 4. The summed E-state index contributed by atoms with van der Waals surface area (Å²) < 4.78 is 0. The zero-order valence-electron chi connectivity index (χ0n) is 13.6. The van der Waals surface area contributed by atoms with Crippen molar-refractivity contribution < 1.29 is 9.59 Å². The predicted molar refractivity (Wildman–Crippen MR) is 85.1 cm³/mol. The molecule has 1 atom stereocenters. The Bertz CT molecular complexity index is 434. The number of primary amides is 1. The average molecular weight is 307 g/mol. The van der Waals surface area contributed by atoms with E-state index in [2.05, 4.69) is 9.80 Å². The molecule has 2 saturated heterocycles. The summed E-state index contributed by atoms with van der Waals surface area (Å²) in [6.07, 6.45) is 9.53. The van der Waals surface area contributed by atoms with E-state index in [9.17, 15) is 9.59 Å². The molecule has 2 amide bonds. The smallest absolute Gasteiger partial charge is 0.231 e. The molecule has 1 saturated carbocycles. The van der Waals surface area contributed by atoms with Crippen LogP contribution >= 0.6 is 0 Å². The molecule has 5 heteroatoms. The highest BCUT2D eigenvalue weighted by Gasteiger charge is 2.48. The van der Waals surface area contributed by atoms with E-state index in [-0.39, 0.29) is 17.9 Å². The molecule has 0 aromatic rings. The van der Waals surface area contributed by atoms with Gasteiger partial charge in [0.1, 0.15) is 0 Å². The fourth-order valence-corrected chi connectivity index (χ4v) is 4.70. The summed E-state index contributed by atoms with van der Waals surface area (Å²) in [4.78, 5) is 28.3. The van der Waals surface area contributed by atoms with Gasteiger partial charge < -0.3 is 10.6 Å². The molecule has 5 nitrogen and oxygen atoms in total. The zero-order valence-corrected chi connectivity index (χ0v) is 13.6. The van der Waals surface area contributed by atoms with Crippen molar-refractivity contribution in [1.82, 2.24) is 9.80 Å². The number of piperidine rings is 1. The summed E-state index contributed by atoms with van der Waals surface area (Å²) >= 11 is 0. The lowest BCUT2D eigenvalue weighted by Gasteiger charge is -2.41. The first-order valence-corrected chi connectivity index (χ1v) is 8.89. The summed E-state index contributed by atoms with van der Waals surface area (Å²) in [7, 11) is 0. The molecular weight excluding hydrogens is 278 g/mol. The number of hydrogen-bond acceptors (Lipinski definition) is 3. The molecule has 2 N–H and O–H groups in total. The van der Waals surface area contributed by atoms with E-state index in [4.69, 9.17) is 5.73 Å². The molecule has 2 heterocycles. The predicted octanol–water partition coefficient (Wildman–Crippen LogP) is 1.37. The van der Waals surface area contributed by atoms with Crippen LogP contribution in [0, 0.1) is 11.3 Å². The molecule has 3 aliphatic rings. The maximum Gasteiger partial charge on any atom is 0.231 e. The third kappa shape index (κ3) is 3.29. The van der Waals surface area contributed by atoms with Crippen LogP contribution in [0.1, 0.15) is 51.4 Å². The number of carbonyl (C=O) groups is 2. The summed E-state index contributed by atoms with van der Waals surface area (Å²) in [5, 5.41) is 0. The molecule has 1 spiro atoms. The van der Waals surface area contributed by atoms with Crippen molar-refractivity contribution in [2.24, 2.45) is 17.1 Å². The molecule has 1 aliphatic carbocycles. The van der Waals surface area contributed by atoms with E-state index in [1.54, 1.807) is 0 Å². The lowest BCUT2D eigenvalue weighted by molar-refractivity contribution is -0.146. The molecule has 2 aliphatic heterocycles. The quantitative estimate of drug-likeness (QED) is 0.853. The van der Waals surface area contributed by atoms with Gasteiger partial charge in [0.05, 0.1) is 12.0 Å². The average Bonchev–Trinajstić information content (AvgIpc) is 2.88. The number of likely N-dealkylation sites (tertiary alicyclic amines) is 2. The fourth-order valence-electron chi connectivity index (χ4n) is 4.70. The monoisotopic (exact) mass is 307 g/mol. The van der Waals surface area contributed by atoms with Gasteiger partial charge >= 0.3 is 0 Å². The number of hydrogen-bond donors (Lipinski definition) is 1. The topological polar surface area (TPSA) is 66.6 Å². The lowest BCUT2D eigenvalue weighted by Crippen LogP contribution is -2.51. The van der Waals surface area contributed by atoms with Crippen molar-refractivity contribution in [2.75, 3.05) is 32.7 Å². The second-order valence-corrected chi connectivity index (χ2v) is 7.57. The van der Waals surface area contributed by atoms with Gasteiger partial charge in [-0.3, -0.25) is 14.5 Å². The lowest BCUT2D eigenvalue weighted by atomic mass is 9.77. The first-order chi connectivity index (χ1) is 10.6. The highest BCUT2D eigenvalue weighted by Crippen LogP contribution is 2.40. The molecule has 0 aromatic heterocycles.